The SMILES string of the molecule is COc1ccccc1NC(=O)c1cc(Nc2ccc(F)cc2F)ncn1. The third-order valence-corrected chi connectivity index (χ3v) is 3.45. The van der Waals surface area contributed by atoms with E-state index in [1.807, 2.05) is 0 Å². The van der Waals surface area contributed by atoms with Crippen LogP contribution in [-0.2, 0) is 0 Å². The minimum absolute atomic E-state index is 0.0289. The molecule has 8 heteroatoms. The maximum atomic E-state index is 13.7. The van der Waals surface area contributed by atoms with Gasteiger partial charge in [-0.25, -0.2) is 18.7 Å². The summed E-state index contributed by atoms with van der Waals surface area (Å²) in [4.78, 5) is 20.2. The van der Waals surface area contributed by atoms with E-state index in [0.29, 0.717) is 11.4 Å². The topological polar surface area (TPSA) is 76.1 Å². The average Bonchev–Trinajstić information content (AvgIpc) is 2.65. The maximum Gasteiger partial charge on any atom is 0.274 e. The van der Waals surface area contributed by atoms with E-state index in [4.69, 9.17) is 4.74 Å². The van der Waals surface area contributed by atoms with Crippen molar-refractivity contribution >= 4 is 23.1 Å². The minimum Gasteiger partial charge on any atom is -0.495 e. The predicted octanol–water partition coefficient (Wildman–Crippen LogP) is 3.76. The van der Waals surface area contributed by atoms with Gasteiger partial charge in [-0.3, -0.25) is 4.79 Å². The number of anilines is 3. The summed E-state index contributed by atoms with van der Waals surface area (Å²) >= 11 is 0. The van der Waals surface area contributed by atoms with Crippen LogP contribution in [0.2, 0.25) is 0 Å². The molecular weight excluding hydrogens is 342 g/mol. The first-order valence-electron chi connectivity index (χ1n) is 7.55. The number of nitrogens with zero attached hydrogens (tertiary/aromatic N) is 2. The van der Waals surface area contributed by atoms with Gasteiger partial charge in [0.05, 0.1) is 18.5 Å². The number of rotatable bonds is 5. The number of amides is 1. The first-order valence-corrected chi connectivity index (χ1v) is 7.55. The maximum absolute atomic E-state index is 13.7. The molecule has 0 saturated carbocycles. The van der Waals surface area contributed by atoms with Crippen LogP contribution in [0.4, 0.5) is 26.0 Å². The number of para-hydroxylation sites is 2. The molecule has 0 radical (unpaired) electrons. The molecule has 0 saturated heterocycles. The molecule has 2 N–H and O–H groups in total. The van der Waals surface area contributed by atoms with Gasteiger partial charge in [0.2, 0.25) is 0 Å². The van der Waals surface area contributed by atoms with Crippen LogP contribution in [0.3, 0.4) is 0 Å². The molecule has 132 valence electrons. The summed E-state index contributed by atoms with van der Waals surface area (Å²) in [5, 5.41) is 5.37. The van der Waals surface area contributed by atoms with Crippen molar-refractivity contribution in [1.29, 1.82) is 0 Å². The van der Waals surface area contributed by atoms with E-state index < -0.39 is 17.5 Å². The Morgan fingerprint density at radius 2 is 1.85 bits per heavy atom. The lowest BCUT2D eigenvalue weighted by atomic mass is 10.2. The Labute approximate surface area is 147 Å². The zero-order valence-corrected chi connectivity index (χ0v) is 13.7. The molecule has 3 rings (SSSR count). The number of aromatic nitrogens is 2. The second-order valence-electron chi connectivity index (χ2n) is 5.19. The summed E-state index contributed by atoms with van der Waals surface area (Å²) in [6, 6.07) is 11.4. The molecule has 1 heterocycles. The fourth-order valence-electron chi connectivity index (χ4n) is 2.21. The van der Waals surface area contributed by atoms with Gasteiger partial charge in [-0.15, -0.1) is 0 Å². The number of ether oxygens (including phenoxy) is 1. The normalized spacial score (nSPS) is 10.3. The second-order valence-corrected chi connectivity index (χ2v) is 5.19. The number of carbonyl (C=O) groups is 1. The smallest absolute Gasteiger partial charge is 0.274 e. The van der Waals surface area contributed by atoms with Gasteiger partial charge >= 0.3 is 0 Å². The van der Waals surface area contributed by atoms with Crippen LogP contribution in [0.1, 0.15) is 10.5 Å². The molecule has 0 aliphatic rings. The highest BCUT2D eigenvalue weighted by molar-refractivity contribution is 6.04. The molecule has 0 fully saturated rings. The van der Waals surface area contributed by atoms with Crippen LogP contribution in [0.5, 0.6) is 5.75 Å². The van der Waals surface area contributed by atoms with Crippen molar-refractivity contribution < 1.29 is 18.3 Å². The molecule has 26 heavy (non-hydrogen) atoms. The van der Waals surface area contributed by atoms with Crippen LogP contribution >= 0.6 is 0 Å². The summed E-state index contributed by atoms with van der Waals surface area (Å²) in [6.07, 6.45) is 1.17. The summed E-state index contributed by atoms with van der Waals surface area (Å²) in [6.45, 7) is 0. The minimum atomic E-state index is -0.774. The molecule has 0 aliphatic heterocycles. The number of carbonyl (C=O) groups excluding carboxylic acids is 1. The molecule has 0 spiro atoms. The molecular formula is C18H14F2N4O2. The largest absolute Gasteiger partial charge is 0.495 e. The van der Waals surface area contributed by atoms with E-state index in [0.717, 1.165) is 12.1 Å². The van der Waals surface area contributed by atoms with Gasteiger partial charge in [0, 0.05) is 12.1 Å². The monoisotopic (exact) mass is 356 g/mol. The molecule has 0 aliphatic carbocycles. The Hall–Kier alpha value is -3.55. The molecule has 0 atom stereocenters. The van der Waals surface area contributed by atoms with Gasteiger partial charge in [0.15, 0.2) is 0 Å². The Morgan fingerprint density at radius 3 is 2.62 bits per heavy atom. The van der Waals surface area contributed by atoms with Crippen LogP contribution in [0.15, 0.2) is 54.9 Å². The van der Waals surface area contributed by atoms with Crippen molar-refractivity contribution in [1.82, 2.24) is 9.97 Å². The van der Waals surface area contributed by atoms with Crippen molar-refractivity contribution in [3.63, 3.8) is 0 Å². The first-order chi connectivity index (χ1) is 12.6. The van der Waals surface area contributed by atoms with Crippen LogP contribution in [0.25, 0.3) is 0 Å². The highest BCUT2D eigenvalue weighted by Crippen LogP contribution is 2.24. The van der Waals surface area contributed by atoms with Gasteiger partial charge in [-0.1, -0.05) is 12.1 Å². The number of hydrogen-bond donors (Lipinski definition) is 2. The van der Waals surface area contributed by atoms with E-state index in [1.165, 1.54) is 25.6 Å². The zero-order chi connectivity index (χ0) is 18.5. The van der Waals surface area contributed by atoms with Gasteiger partial charge in [-0.2, -0.15) is 0 Å². The molecule has 1 amide bonds. The van der Waals surface area contributed by atoms with E-state index in [2.05, 4.69) is 20.6 Å². The number of benzene rings is 2. The lowest BCUT2D eigenvalue weighted by molar-refractivity contribution is 0.102. The summed E-state index contributed by atoms with van der Waals surface area (Å²) in [5.74, 6) is -1.26. The number of methoxy groups -OCH3 is 1. The van der Waals surface area contributed by atoms with Crippen LogP contribution in [-0.4, -0.2) is 23.0 Å². The number of halogens is 2. The lowest BCUT2D eigenvalue weighted by Crippen LogP contribution is -2.15. The van der Waals surface area contributed by atoms with E-state index in [9.17, 15) is 13.6 Å². The van der Waals surface area contributed by atoms with E-state index >= 15 is 0 Å². The fourth-order valence-corrected chi connectivity index (χ4v) is 2.21. The Balaban J connectivity index is 1.79. The zero-order valence-electron chi connectivity index (χ0n) is 13.7. The second kappa shape index (κ2) is 7.56. The fraction of sp³-hybridized carbons (Fsp3) is 0.0556. The Morgan fingerprint density at radius 1 is 1.04 bits per heavy atom. The summed E-state index contributed by atoms with van der Waals surface area (Å²) in [5.41, 5.74) is 0.579. The standard InChI is InChI=1S/C18H14F2N4O2/c1-26-16-5-3-2-4-14(16)24-18(25)15-9-17(22-10-21-15)23-13-7-6-11(19)8-12(13)20/h2-10H,1H3,(H,24,25)(H,21,22,23). The van der Waals surface area contributed by atoms with Crippen molar-refractivity contribution in [2.24, 2.45) is 0 Å². The van der Waals surface area contributed by atoms with Gasteiger partial charge in [0.25, 0.3) is 5.91 Å². The lowest BCUT2D eigenvalue weighted by Gasteiger charge is -2.10. The van der Waals surface area contributed by atoms with Gasteiger partial charge in [-0.05, 0) is 24.3 Å². The van der Waals surface area contributed by atoms with Gasteiger partial charge < -0.3 is 15.4 Å². The molecule has 3 aromatic rings. The predicted molar refractivity (Wildman–Crippen MR) is 92.6 cm³/mol. The van der Waals surface area contributed by atoms with Crippen molar-refractivity contribution in [2.45, 2.75) is 0 Å². The molecule has 1 aromatic heterocycles. The Bertz CT molecular complexity index is 950. The van der Waals surface area contributed by atoms with Crippen molar-refractivity contribution in [2.75, 3.05) is 17.7 Å². The average molecular weight is 356 g/mol. The Kier molecular flexibility index (Phi) is 5.02. The first kappa shape index (κ1) is 17.3. The van der Waals surface area contributed by atoms with Crippen LogP contribution < -0.4 is 15.4 Å². The summed E-state index contributed by atoms with van der Waals surface area (Å²) < 4.78 is 31.9. The third-order valence-electron chi connectivity index (χ3n) is 3.45. The number of hydrogen-bond acceptors (Lipinski definition) is 5. The van der Waals surface area contributed by atoms with E-state index in [-0.39, 0.29) is 17.2 Å². The van der Waals surface area contributed by atoms with Crippen LogP contribution in [0, 0.1) is 11.6 Å². The molecule has 2 aromatic carbocycles. The highest BCUT2D eigenvalue weighted by atomic mass is 19.1. The molecule has 0 unspecified atom stereocenters. The van der Waals surface area contributed by atoms with Crippen molar-refractivity contribution in [3.8, 4) is 5.75 Å². The quantitative estimate of drug-likeness (QED) is 0.728. The van der Waals surface area contributed by atoms with Crippen molar-refractivity contribution in [3.05, 3.63) is 72.2 Å². The van der Waals surface area contributed by atoms with Gasteiger partial charge in [0.1, 0.15) is 35.2 Å². The van der Waals surface area contributed by atoms with E-state index in [1.54, 1.807) is 24.3 Å². The molecule has 0 bridgehead atoms. The number of nitrogens with one attached hydrogen (secondary N) is 2. The summed E-state index contributed by atoms with van der Waals surface area (Å²) in [7, 11) is 1.49. The highest BCUT2D eigenvalue weighted by Gasteiger charge is 2.12. The molecule has 6 nitrogen and oxygen atoms in total. The third kappa shape index (κ3) is 3.92.